The summed E-state index contributed by atoms with van der Waals surface area (Å²) >= 11 is 1.16. The molecule has 0 aliphatic carbocycles. The smallest absolute Gasteiger partial charge is 0.303 e. The highest BCUT2D eigenvalue weighted by molar-refractivity contribution is 7.85. The third-order valence-corrected chi connectivity index (χ3v) is 8.11. The van der Waals surface area contributed by atoms with Crippen molar-refractivity contribution in [2.24, 2.45) is 0 Å². The lowest BCUT2D eigenvalue weighted by molar-refractivity contribution is -0.438. The number of hydrogen-bond acceptors (Lipinski definition) is 8. The Morgan fingerprint density at radius 2 is 1.84 bits per heavy atom. The fraction of sp³-hybridized carbons (Fsp3) is 0.385. The van der Waals surface area contributed by atoms with E-state index in [1.54, 1.807) is 6.07 Å². The standard InChI is InChI=1S/C26H30N4O5S2/c1-26(2)19-16-18(37(33,34)35)11-13-20(19)30(15-7-5-6-8-23(31)32)22(26)14-10-17-9-12-21(29(3)4)25-24(17)27-36-28-25/h9-14,16H,5-8,15H2,1-4H3,(H-,31,32,33,34,35). The number of allylic oxidation sites excluding steroid dienone is 1. The topological polar surface area (TPSA) is 127 Å². The van der Waals surface area contributed by atoms with Crippen LogP contribution in [-0.4, -0.2) is 63.7 Å². The lowest BCUT2D eigenvalue weighted by Gasteiger charge is -2.17. The van der Waals surface area contributed by atoms with Gasteiger partial charge in [0.15, 0.2) is 5.71 Å². The number of benzene rings is 2. The van der Waals surface area contributed by atoms with Crippen molar-refractivity contribution in [1.29, 1.82) is 0 Å². The largest absolute Gasteiger partial charge is 0.744 e. The summed E-state index contributed by atoms with van der Waals surface area (Å²) in [4.78, 5) is 12.6. The molecule has 0 saturated carbocycles. The van der Waals surface area contributed by atoms with Gasteiger partial charge in [-0.15, -0.1) is 0 Å². The van der Waals surface area contributed by atoms with Gasteiger partial charge in [0, 0.05) is 50.2 Å². The predicted molar refractivity (Wildman–Crippen MR) is 144 cm³/mol. The van der Waals surface area contributed by atoms with E-state index in [0.29, 0.717) is 13.0 Å². The van der Waals surface area contributed by atoms with Crippen LogP contribution in [0.3, 0.4) is 0 Å². The second-order valence-electron chi connectivity index (χ2n) is 9.86. The number of nitrogens with zero attached hydrogens (tertiary/aromatic N) is 4. The summed E-state index contributed by atoms with van der Waals surface area (Å²) in [7, 11) is -0.674. The van der Waals surface area contributed by atoms with Crippen molar-refractivity contribution in [1.82, 2.24) is 8.75 Å². The number of carboxylic acid groups (broad SMARTS) is 1. The molecule has 11 heteroatoms. The molecular weight excluding hydrogens is 512 g/mol. The Hall–Kier alpha value is -3.15. The molecule has 9 nitrogen and oxygen atoms in total. The number of carboxylic acids is 1. The van der Waals surface area contributed by atoms with Crippen LogP contribution in [-0.2, 0) is 20.3 Å². The molecule has 1 aliphatic heterocycles. The Labute approximate surface area is 220 Å². The van der Waals surface area contributed by atoms with E-state index in [1.165, 1.54) is 12.1 Å². The first-order valence-electron chi connectivity index (χ1n) is 12.0. The second kappa shape index (κ2) is 10.3. The maximum absolute atomic E-state index is 11.7. The molecule has 0 spiro atoms. The first kappa shape index (κ1) is 26.9. The van der Waals surface area contributed by atoms with Gasteiger partial charge in [-0.1, -0.05) is 6.07 Å². The lowest BCUT2D eigenvalue weighted by atomic mass is 9.81. The summed E-state index contributed by atoms with van der Waals surface area (Å²) in [5, 5.41) is 8.93. The van der Waals surface area contributed by atoms with Gasteiger partial charge >= 0.3 is 5.97 Å². The maximum Gasteiger partial charge on any atom is 0.303 e. The number of unbranched alkanes of at least 4 members (excludes halogenated alkanes) is 2. The highest BCUT2D eigenvalue weighted by Gasteiger charge is 2.44. The van der Waals surface area contributed by atoms with Crippen LogP contribution >= 0.6 is 11.7 Å². The van der Waals surface area contributed by atoms with Crippen LogP contribution in [0.2, 0.25) is 0 Å². The predicted octanol–water partition coefficient (Wildman–Crippen LogP) is 4.40. The Morgan fingerprint density at radius 3 is 2.51 bits per heavy atom. The summed E-state index contributed by atoms with van der Waals surface area (Å²) in [6.07, 6.45) is 6.25. The van der Waals surface area contributed by atoms with Crippen LogP contribution in [0.15, 0.2) is 41.3 Å². The quantitative estimate of drug-likeness (QED) is 0.227. The zero-order chi connectivity index (χ0) is 27.0. The summed E-state index contributed by atoms with van der Waals surface area (Å²) in [6.45, 7) is 4.64. The zero-order valence-corrected chi connectivity index (χ0v) is 22.9. The molecule has 3 aromatic rings. The SMILES string of the molecule is CN(C)c1ccc(/C=C/C2=[N+](CCCCCC(=O)O)c3ccc(S(=O)(=O)[O-])cc3C2(C)C)c2nsnc12. The van der Waals surface area contributed by atoms with Crippen LogP contribution < -0.4 is 4.90 Å². The Bertz CT molecular complexity index is 1520. The molecule has 0 saturated heterocycles. The van der Waals surface area contributed by atoms with Gasteiger partial charge in [-0.3, -0.25) is 4.79 Å². The Kier molecular flexibility index (Phi) is 7.50. The number of carbonyl (C=O) groups is 1. The average Bonchev–Trinajstić information content (AvgIpc) is 3.38. The monoisotopic (exact) mass is 542 g/mol. The highest BCUT2D eigenvalue weighted by Crippen LogP contribution is 2.41. The van der Waals surface area contributed by atoms with Gasteiger partial charge in [0.25, 0.3) is 0 Å². The van der Waals surface area contributed by atoms with Crippen molar-refractivity contribution in [3.05, 3.63) is 47.5 Å². The summed E-state index contributed by atoms with van der Waals surface area (Å²) in [5.74, 6) is -0.808. The van der Waals surface area contributed by atoms with Crippen molar-refractivity contribution in [3.63, 3.8) is 0 Å². The number of hydrogen-bond donors (Lipinski definition) is 1. The van der Waals surface area contributed by atoms with E-state index in [9.17, 15) is 17.8 Å². The molecule has 196 valence electrons. The molecule has 1 N–H and O–H groups in total. The molecule has 0 bridgehead atoms. The molecule has 0 amide bonds. The molecule has 2 heterocycles. The third-order valence-electron chi connectivity index (χ3n) is 6.75. The minimum atomic E-state index is -4.60. The van der Waals surface area contributed by atoms with Crippen molar-refractivity contribution in [3.8, 4) is 0 Å². The minimum absolute atomic E-state index is 0.129. The van der Waals surface area contributed by atoms with E-state index in [0.717, 1.165) is 63.8 Å². The Balaban J connectivity index is 1.75. The van der Waals surface area contributed by atoms with Gasteiger partial charge in [-0.05, 0) is 51.0 Å². The highest BCUT2D eigenvalue weighted by atomic mass is 32.2. The maximum atomic E-state index is 11.7. The minimum Gasteiger partial charge on any atom is -0.744 e. The molecule has 0 fully saturated rings. The molecule has 2 aromatic carbocycles. The summed E-state index contributed by atoms with van der Waals surface area (Å²) in [5.41, 5.74) is 5.52. The lowest BCUT2D eigenvalue weighted by Crippen LogP contribution is -2.28. The number of aliphatic carboxylic acids is 1. The number of anilines is 1. The van der Waals surface area contributed by atoms with Crippen LogP contribution in [0.25, 0.3) is 17.1 Å². The zero-order valence-electron chi connectivity index (χ0n) is 21.3. The molecule has 0 unspecified atom stereocenters. The van der Waals surface area contributed by atoms with Crippen molar-refractivity contribution >= 4 is 62.0 Å². The first-order valence-corrected chi connectivity index (χ1v) is 14.1. The number of rotatable bonds is 10. The van der Waals surface area contributed by atoms with E-state index < -0.39 is 21.5 Å². The van der Waals surface area contributed by atoms with E-state index in [-0.39, 0.29) is 11.3 Å². The van der Waals surface area contributed by atoms with Crippen molar-refractivity contribution < 1.29 is 27.4 Å². The van der Waals surface area contributed by atoms with Crippen LogP contribution in [0, 0.1) is 0 Å². The van der Waals surface area contributed by atoms with Gasteiger partial charge < -0.3 is 14.6 Å². The Morgan fingerprint density at radius 1 is 1.11 bits per heavy atom. The van der Waals surface area contributed by atoms with E-state index in [1.807, 2.05) is 57.1 Å². The van der Waals surface area contributed by atoms with Gasteiger partial charge in [-0.25, -0.2) is 8.42 Å². The molecule has 37 heavy (non-hydrogen) atoms. The van der Waals surface area contributed by atoms with Gasteiger partial charge in [0.05, 0.1) is 27.7 Å². The third kappa shape index (κ3) is 5.43. The van der Waals surface area contributed by atoms with Crippen LogP contribution in [0.4, 0.5) is 11.4 Å². The second-order valence-corrected chi connectivity index (χ2v) is 11.8. The van der Waals surface area contributed by atoms with Gasteiger partial charge in [0.1, 0.15) is 27.7 Å². The van der Waals surface area contributed by atoms with Gasteiger partial charge in [-0.2, -0.15) is 13.3 Å². The average molecular weight is 543 g/mol. The number of aromatic nitrogens is 2. The van der Waals surface area contributed by atoms with Crippen molar-refractivity contribution in [2.45, 2.75) is 49.8 Å². The molecule has 1 aromatic heterocycles. The van der Waals surface area contributed by atoms with E-state index in [4.69, 9.17) is 5.11 Å². The molecule has 1 aliphatic rings. The molecule has 4 rings (SSSR count). The summed E-state index contributed by atoms with van der Waals surface area (Å²) < 4.78 is 46.3. The normalized spacial score (nSPS) is 15.1. The van der Waals surface area contributed by atoms with Crippen LogP contribution in [0.1, 0.15) is 50.7 Å². The molecule has 0 radical (unpaired) electrons. The summed E-state index contributed by atoms with van der Waals surface area (Å²) in [6, 6.07) is 8.53. The fourth-order valence-electron chi connectivity index (χ4n) is 4.81. The fourth-order valence-corrected chi connectivity index (χ4v) is 5.88. The van der Waals surface area contributed by atoms with Gasteiger partial charge in [0.2, 0.25) is 5.69 Å². The van der Waals surface area contributed by atoms with E-state index in [2.05, 4.69) is 13.3 Å². The first-order chi connectivity index (χ1) is 17.4. The van der Waals surface area contributed by atoms with Crippen molar-refractivity contribution in [2.75, 3.05) is 25.5 Å². The molecular formula is C26H30N4O5S2. The van der Waals surface area contributed by atoms with E-state index >= 15 is 0 Å². The van der Waals surface area contributed by atoms with Crippen LogP contribution in [0.5, 0.6) is 0 Å². The number of fused-ring (bicyclic) bond motifs is 2. The molecule has 0 atom stereocenters.